The van der Waals surface area contributed by atoms with Crippen molar-refractivity contribution in [2.24, 2.45) is 5.92 Å². The summed E-state index contributed by atoms with van der Waals surface area (Å²) in [6, 6.07) is 13.4. The quantitative estimate of drug-likeness (QED) is 0.205. The highest BCUT2D eigenvalue weighted by molar-refractivity contribution is 7.89. The van der Waals surface area contributed by atoms with Crippen LogP contribution in [0.2, 0.25) is 0 Å². The number of unbranched alkanes of at least 4 members (excludes halogenated alkanes) is 1. The van der Waals surface area contributed by atoms with E-state index in [1.165, 1.54) is 4.90 Å². The van der Waals surface area contributed by atoms with Gasteiger partial charge in [-0.15, -0.1) is 0 Å². The number of urea groups is 1. The number of carboxylic acids is 1. The number of hydrogen-bond acceptors (Lipinski definition) is 6. The molecule has 2 rings (SSSR count). The predicted molar refractivity (Wildman–Crippen MR) is 167 cm³/mol. The molecule has 0 aliphatic heterocycles. The Morgan fingerprint density at radius 1 is 0.884 bits per heavy atom. The lowest BCUT2D eigenvalue weighted by Crippen LogP contribution is -2.47. The Morgan fingerprint density at radius 3 is 2.09 bits per heavy atom. The average molecular weight is 618 g/mol. The molecule has 0 aliphatic carbocycles. The third-order valence-electron chi connectivity index (χ3n) is 6.52. The molecule has 43 heavy (non-hydrogen) atoms. The van der Waals surface area contributed by atoms with Gasteiger partial charge in [-0.1, -0.05) is 45.4 Å². The van der Waals surface area contributed by atoms with Gasteiger partial charge in [0.2, 0.25) is 21.8 Å². The summed E-state index contributed by atoms with van der Waals surface area (Å²) in [6.45, 7) is 6.69. The van der Waals surface area contributed by atoms with Crippen molar-refractivity contribution in [3.63, 3.8) is 0 Å². The van der Waals surface area contributed by atoms with E-state index >= 15 is 0 Å². The van der Waals surface area contributed by atoms with Crippen molar-refractivity contribution >= 4 is 50.9 Å². The SMILES string of the molecule is CCCCS(=O)(=O)N(CCC(=O)O)CC(=O)N(CCC(C)C)CC(=O)Nc1ccc(NC(=O)Nc2ccccc2C)cc1. The molecule has 0 bridgehead atoms. The van der Waals surface area contributed by atoms with E-state index in [1.807, 2.05) is 45.9 Å². The predicted octanol–water partition coefficient (Wildman–Crippen LogP) is 4.36. The van der Waals surface area contributed by atoms with Crippen LogP contribution in [0.15, 0.2) is 48.5 Å². The smallest absolute Gasteiger partial charge is 0.323 e. The van der Waals surface area contributed by atoms with Gasteiger partial charge < -0.3 is 26.0 Å². The third kappa shape index (κ3) is 12.8. The Kier molecular flexibility index (Phi) is 14.1. The Balaban J connectivity index is 2.05. The molecule has 0 fully saturated rings. The summed E-state index contributed by atoms with van der Waals surface area (Å²) in [4.78, 5) is 51.0. The number of benzene rings is 2. The Morgan fingerprint density at radius 2 is 1.51 bits per heavy atom. The molecule has 2 aromatic carbocycles. The minimum Gasteiger partial charge on any atom is -0.481 e. The normalized spacial score (nSPS) is 11.3. The van der Waals surface area contributed by atoms with E-state index in [2.05, 4.69) is 16.0 Å². The summed E-state index contributed by atoms with van der Waals surface area (Å²) >= 11 is 0. The monoisotopic (exact) mass is 617 g/mol. The topological polar surface area (TPSA) is 165 Å². The molecule has 0 heterocycles. The van der Waals surface area contributed by atoms with Crippen LogP contribution in [0.5, 0.6) is 0 Å². The highest BCUT2D eigenvalue weighted by Crippen LogP contribution is 2.17. The highest BCUT2D eigenvalue weighted by atomic mass is 32.2. The second-order valence-corrected chi connectivity index (χ2v) is 12.8. The Hall–Kier alpha value is -3.97. The van der Waals surface area contributed by atoms with Gasteiger partial charge in [0.05, 0.1) is 25.3 Å². The third-order valence-corrected chi connectivity index (χ3v) is 8.42. The lowest BCUT2D eigenvalue weighted by Gasteiger charge is -2.27. The largest absolute Gasteiger partial charge is 0.481 e. The van der Waals surface area contributed by atoms with Crippen molar-refractivity contribution in [3.05, 3.63) is 54.1 Å². The van der Waals surface area contributed by atoms with Gasteiger partial charge in [-0.3, -0.25) is 14.4 Å². The zero-order valence-electron chi connectivity index (χ0n) is 25.3. The maximum Gasteiger partial charge on any atom is 0.323 e. The average Bonchev–Trinajstić information content (AvgIpc) is 2.94. The van der Waals surface area contributed by atoms with Crippen molar-refractivity contribution in [1.82, 2.24) is 9.21 Å². The van der Waals surface area contributed by atoms with Crippen LogP contribution in [-0.2, 0) is 24.4 Å². The van der Waals surface area contributed by atoms with Gasteiger partial charge in [0.25, 0.3) is 0 Å². The number of aliphatic carboxylic acids is 1. The number of hydrogen-bond donors (Lipinski definition) is 4. The number of carbonyl (C=O) groups excluding carboxylic acids is 3. The van der Waals surface area contributed by atoms with Gasteiger partial charge in [0.1, 0.15) is 0 Å². The molecule has 0 unspecified atom stereocenters. The van der Waals surface area contributed by atoms with Crippen LogP contribution in [0.4, 0.5) is 21.9 Å². The summed E-state index contributed by atoms with van der Waals surface area (Å²) in [5.41, 5.74) is 2.55. The van der Waals surface area contributed by atoms with Crippen LogP contribution >= 0.6 is 0 Å². The summed E-state index contributed by atoms with van der Waals surface area (Å²) in [6.07, 6.45) is 1.15. The van der Waals surface area contributed by atoms with Crippen molar-refractivity contribution in [3.8, 4) is 0 Å². The molecule has 4 N–H and O–H groups in total. The second-order valence-electron chi connectivity index (χ2n) is 10.7. The van der Waals surface area contributed by atoms with E-state index in [-0.39, 0.29) is 31.3 Å². The van der Waals surface area contributed by atoms with E-state index < -0.39 is 46.8 Å². The summed E-state index contributed by atoms with van der Waals surface area (Å²) in [5.74, 6) is -2.21. The first-order valence-electron chi connectivity index (χ1n) is 14.3. The summed E-state index contributed by atoms with van der Waals surface area (Å²) in [7, 11) is -3.86. The van der Waals surface area contributed by atoms with Gasteiger partial charge >= 0.3 is 12.0 Å². The molecule has 13 heteroatoms. The fraction of sp³-hybridized carbons (Fsp3) is 0.467. The molecular formula is C30H43N5O7S. The lowest BCUT2D eigenvalue weighted by atomic mass is 10.1. The standard InChI is InChI=1S/C30H43N5O7S/c1-5-6-19-43(41,42)35(18-16-29(38)39)21-28(37)34(17-15-22(2)3)20-27(36)31-24-11-13-25(14-12-24)32-30(40)33-26-10-8-7-9-23(26)4/h7-14,22H,5-6,15-21H2,1-4H3,(H,31,36)(H,38,39)(H2,32,33,40). The first kappa shape index (κ1) is 35.2. The van der Waals surface area contributed by atoms with Gasteiger partial charge in [-0.05, 0) is 61.6 Å². The fourth-order valence-corrected chi connectivity index (χ4v) is 5.55. The number of carbonyl (C=O) groups is 4. The molecule has 2 aromatic rings. The Bertz CT molecular complexity index is 1350. The Labute approximate surface area is 253 Å². The van der Waals surface area contributed by atoms with Crippen LogP contribution in [0, 0.1) is 12.8 Å². The van der Waals surface area contributed by atoms with Crippen molar-refractivity contribution in [2.45, 2.75) is 53.4 Å². The van der Waals surface area contributed by atoms with E-state index in [1.54, 1.807) is 30.3 Å². The number of nitrogens with zero attached hydrogens (tertiary/aromatic N) is 2. The number of rotatable bonds is 17. The van der Waals surface area contributed by atoms with Crippen LogP contribution in [-0.4, -0.2) is 78.5 Å². The number of nitrogens with one attached hydrogen (secondary N) is 3. The number of carboxylic acid groups (broad SMARTS) is 1. The lowest BCUT2D eigenvalue weighted by molar-refractivity contribution is -0.138. The maximum absolute atomic E-state index is 13.3. The number of para-hydroxylation sites is 1. The zero-order valence-corrected chi connectivity index (χ0v) is 26.1. The van der Waals surface area contributed by atoms with E-state index in [9.17, 15) is 27.6 Å². The summed E-state index contributed by atoms with van der Waals surface area (Å²) < 4.78 is 26.6. The van der Waals surface area contributed by atoms with Crippen LogP contribution in [0.25, 0.3) is 0 Å². The summed E-state index contributed by atoms with van der Waals surface area (Å²) in [5, 5.41) is 17.3. The number of amides is 4. The molecule has 0 saturated heterocycles. The minimum atomic E-state index is -3.86. The number of anilines is 3. The molecule has 236 valence electrons. The van der Waals surface area contributed by atoms with E-state index in [0.29, 0.717) is 36.3 Å². The fourth-order valence-electron chi connectivity index (χ4n) is 3.96. The van der Waals surface area contributed by atoms with E-state index in [0.717, 1.165) is 9.87 Å². The number of aryl methyl sites for hydroxylation is 1. The van der Waals surface area contributed by atoms with Gasteiger partial charge in [0.15, 0.2) is 0 Å². The second kappa shape index (κ2) is 17.2. The van der Waals surface area contributed by atoms with Crippen LogP contribution < -0.4 is 16.0 Å². The highest BCUT2D eigenvalue weighted by Gasteiger charge is 2.28. The first-order chi connectivity index (χ1) is 20.3. The molecule has 0 spiro atoms. The zero-order chi connectivity index (χ0) is 32.0. The van der Waals surface area contributed by atoms with Gasteiger partial charge in [0, 0.05) is 30.2 Å². The molecule has 12 nitrogen and oxygen atoms in total. The molecule has 0 atom stereocenters. The van der Waals surface area contributed by atoms with Crippen LogP contribution in [0.1, 0.15) is 52.0 Å². The van der Waals surface area contributed by atoms with E-state index in [4.69, 9.17) is 5.11 Å². The van der Waals surface area contributed by atoms with Crippen molar-refractivity contribution < 1.29 is 32.7 Å². The van der Waals surface area contributed by atoms with Crippen LogP contribution in [0.3, 0.4) is 0 Å². The molecule has 4 amide bonds. The van der Waals surface area contributed by atoms with Crippen molar-refractivity contribution in [2.75, 3.05) is 47.9 Å². The maximum atomic E-state index is 13.3. The van der Waals surface area contributed by atoms with Gasteiger partial charge in [-0.2, -0.15) is 4.31 Å². The van der Waals surface area contributed by atoms with Crippen molar-refractivity contribution in [1.29, 1.82) is 0 Å². The first-order valence-corrected chi connectivity index (χ1v) is 15.9. The molecule has 0 aromatic heterocycles. The van der Waals surface area contributed by atoms with Gasteiger partial charge in [-0.25, -0.2) is 13.2 Å². The molecule has 0 aliphatic rings. The number of sulfonamides is 1. The molecule has 0 saturated carbocycles. The minimum absolute atomic E-state index is 0.193. The molecule has 0 radical (unpaired) electrons. The molecular weight excluding hydrogens is 574 g/mol.